The zero-order chi connectivity index (χ0) is 19.3. The summed E-state index contributed by atoms with van der Waals surface area (Å²) in [7, 11) is 0. The van der Waals surface area contributed by atoms with Crippen LogP contribution in [-0.2, 0) is 14.6 Å². The molecule has 0 amide bonds. The van der Waals surface area contributed by atoms with Crippen LogP contribution in [0.15, 0.2) is 0 Å². The van der Waals surface area contributed by atoms with Crippen molar-refractivity contribution in [3.8, 4) is 0 Å². The quantitative estimate of drug-likeness (QED) is 0.177. The number of aliphatic hydroxyl groups excluding tert-OH is 2. The van der Waals surface area contributed by atoms with Crippen molar-refractivity contribution in [2.45, 2.75) is 116 Å². The highest BCUT2D eigenvalue weighted by Gasteiger charge is 2.07. The summed E-state index contributed by atoms with van der Waals surface area (Å²) in [5.41, 5.74) is 0. The van der Waals surface area contributed by atoms with Crippen molar-refractivity contribution in [3.63, 3.8) is 0 Å². The monoisotopic (exact) mass is 374 g/mol. The van der Waals surface area contributed by atoms with Gasteiger partial charge in [-0.05, 0) is 6.42 Å². The molecular formula is C21H42O5. The maximum Gasteiger partial charge on any atom is 0.342 e. The fourth-order valence-electron chi connectivity index (χ4n) is 2.91. The molecule has 0 aliphatic carbocycles. The number of rotatable bonds is 20. The van der Waals surface area contributed by atoms with Crippen molar-refractivity contribution in [3.05, 3.63) is 0 Å². The van der Waals surface area contributed by atoms with Gasteiger partial charge in [-0.3, -0.25) is 4.89 Å². The molecular weight excluding hydrogens is 332 g/mol. The third-order valence-electron chi connectivity index (χ3n) is 4.61. The van der Waals surface area contributed by atoms with Gasteiger partial charge >= 0.3 is 5.97 Å². The smallest absolute Gasteiger partial charge is 0.342 e. The predicted molar refractivity (Wildman–Crippen MR) is 105 cm³/mol. The third-order valence-corrected chi connectivity index (χ3v) is 4.61. The van der Waals surface area contributed by atoms with Crippen molar-refractivity contribution < 1.29 is 24.8 Å². The Balaban J connectivity index is 3.14. The molecule has 0 aromatic carbocycles. The van der Waals surface area contributed by atoms with Gasteiger partial charge in [-0.15, -0.1) is 0 Å². The molecule has 0 aliphatic rings. The van der Waals surface area contributed by atoms with E-state index in [1.807, 2.05) is 0 Å². The van der Waals surface area contributed by atoms with Crippen molar-refractivity contribution in [2.24, 2.45) is 0 Å². The molecule has 26 heavy (non-hydrogen) atoms. The molecule has 0 heterocycles. The lowest BCUT2D eigenvalue weighted by atomic mass is 10.0. The van der Waals surface area contributed by atoms with Crippen LogP contribution < -0.4 is 0 Å². The topological polar surface area (TPSA) is 76.0 Å². The molecule has 0 aromatic rings. The summed E-state index contributed by atoms with van der Waals surface area (Å²) < 4.78 is 0. The van der Waals surface area contributed by atoms with Gasteiger partial charge in [-0.25, -0.2) is 4.79 Å². The molecule has 0 radical (unpaired) electrons. The molecule has 1 atom stereocenters. The minimum absolute atomic E-state index is 0.193. The van der Waals surface area contributed by atoms with E-state index in [0.29, 0.717) is 6.42 Å². The summed E-state index contributed by atoms with van der Waals surface area (Å²) in [5, 5.41) is 17.6. The summed E-state index contributed by atoms with van der Waals surface area (Å²) in [6.07, 6.45) is 18.7. The molecule has 0 aromatic heterocycles. The SMILES string of the molecule is CCCCCCCCCCCCCCCCCC(=O)OOCC(O)CO. The van der Waals surface area contributed by atoms with E-state index in [0.717, 1.165) is 19.3 Å². The van der Waals surface area contributed by atoms with Crippen LogP contribution in [-0.4, -0.2) is 35.5 Å². The maximum absolute atomic E-state index is 11.4. The molecule has 2 N–H and O–H groups in total. The minimum atomic E-state index is -1.01. The molecule has 5 nitrogen and oxygen atoms in total. The van der Waals surface area contributed by atoms with Crippen molar-refractivity contribution in [1.82, 2.24) is 0 Å². The van der Waals surface area contributed by atoms with E-state index in [4.69, 9.17) is 10.2 Å². The summed E-state index contributed by atoms with van der Waals surface area (Å²) >= 11 is 0. The van der Waals surface area contributed by atoms with Gasteiger partial charge in [0.1, 0.15) is 12.7 Å². The Hall–Kier alpha value is -0.650. The van der Waals surface area contributed by atoms with E-state index in [1.165, 1.54) is 77.0 Å². The molecule has 0 fully saturated rings. The van der Waals surface area contributed by atoms with E-state index in [-0.39, 0.29) is 6.61 Å². The highest BCUT2D eigenvalue weighted by Crippen LogP contribution is 2.13. The van der Waals surface area contributed by atoms with Crippen molar-refractivity contribution in [2.75, 3.05) is 13.2 Å². The number of unbranched alkanes of at least 4 members (excludes halogenated alkanes) is 14. The van der Waals surface area contributed by atoms with Crippen LogP contribution >= 0.6 is 0 Å². The molecule has 1 unspecified atom stereocenters. The third kappa shape index (κ3) is 19.7. The Morgan fingerprint density at radius 3 is 1.62 bits per heavy atom. The van der Waals surface area contributed by atoms with E-state index >= 15 is 0 Å². The van der Waals surface area contributed by atoms with Crippen LogP contribution in [0.1, 0.15) is 110 Å². The van der Waals surface area contributed by atoms with Gasteiger partial charge in [0, 0.05) is 6.42 Å². The summed E-state index contributed by atoms with van der Waals surface area (Å²) in [4.78, 5) is 20.4. The average Bonchev–Trinajstić information content (AvgIpc) is 2.64. The Morgan fingerprint density at radius 1 is 0.769 bits per heavy atom. The van der Waals surface area contributed by atoms with E-state index < -0.39 is 18.7 Å². The zero-order valence-electron chi connectivity index (χ0n) is 16.9. The first-order chi connectivity index (χ1) is 12.7. The minimum Gasteiger partial charge on any atom is -0.394 e. The number of aliphatic hydroxyl groups is 2. The van der Waals surface area contributed by atoms with Crippen molar-refractivity contribution in [1.29, 1.82) is 0 Å². The van der Waals surface area contributed by atoms with Crippen LogP contribution in [0.3, 0.4) is 0 Å². The van der Waals surface area contributed by atoms with E-state index in [1.54, 1.807) is 0 Å². The Bertz CT molecular complexity index is 296. The molecule has 0 spiro atoms. The standard InChI is InChI=1S/C21H42O5/c1-2-3-4-5-6-7-8-9-10-11-12-13-14-15-16-17-21(24)26-25-19-20(23)18-22/h20,22-23H,2-19H2,1H3. The first kappa shape index (κ1) is 25.4. The van der Waals surface area contributed by atoms with Gasteiger partial charge in [-0.1, -0.05) is 96.8 Å². The van der Waals surface area contributed by atoms with Gasteiger partial charge in [0.25, 0.3) is 0 Å². The Kier molecular flexibility index (Phi) is 20.1. The molecule has 0 saturated carbocycles. The van der Waals surface area contributed by atoms with Crippen LogP contribution in [0.5, 0.6) is 0 Å². The number of hydrogen-bond donors (Lipinski definition) is 2. The second-order valence-corrected chi connectivity index (χ2v) is 7.28. The predicted octanol–water partition coefficient (Wildman–Crippen LogP) is 5.08. The van der Waals surface area contributed by atoms with Gasteiger partial charge in [0.15, 0.2) is 0 Å². The van der Waals surface area contributed by atoms with Gasteiger partial charge in [0.05, 0.1) is 6.61 Å². The lowest BCUT2D eigenvalue weighted by molar-refractivity contribution is -0.282. The maximum atomic E-state index is 11.4. The van der Waals surface area contributed by atoms with Gasteiger partial charge in [0.2, 0.25) is 0 Å². The summed E-state index contributed by atoms with van der Waals surface area (Å²) in [5.74, 6) is -0.412. The van der Waals surface area contributed by atoms with E-state index in [9.17, 15) is 4.79 Å². The fraction of sp³-hybridized carbons (Fsp3) is 0.952. The molecule has 156 valence electrons. The number of carbonyl (C=O) groups is 1. The average molecular weight is 375 g/mol. The second kappa shape index (κ2) is 20.7. The lowest BCUT2D eigenvalue weighted by Crippen LogP contribution is -2.20. The molecule has 0 saturated heterocycles. The van der Waals surface area contributed by atoms with E-state index in [2.05, 4.69) is 16.7 Å². The molecule has 0 aliphatic heterocycles. The molecule has 0 rings (SSSR count). The first-order valence-electron chi connectivity index (χ1n) is 10.8. The zero-order valence-corrected chi connectivity index (χ0v) is 16.9. The first-order valence-corrected chi connectivity index (χ1v) is 10.8. The fourth-order valence-corrected chi connectivity index (χ4v) is 2.91. The summed E-state index contributed by atoms with van der Waals surface area (Å²) in [6, 6.07) is 0. The summed E-state index contributed by atoms with van der Waals surface area (Å²) in [6.45, 7) is 1.66. The van der Waals surface area contributed by atoms with Gasteiger partial charge < -0.3 is 10.2 Å². The van der Waals surface area contributed by atoms with Crippen LogP contribution in [0.4, 0.5) is 0 Å². The van der Waals surface area contributed by atoms with Crippen molar-refractivity contribution >= 4 is 5.97 Å². The lowest BCUT2D eigenvalue weighted by Gasteiger charge is -2.07. The normalized spacial score (nSPS) is 12.3. The van der Waals surface area contributed by atoms with Crippen LogP contribution in [0.25, 0.3) is 0 Å². The van der Waals surface area contributed by atoms with Crippen LogP contribution in [0.2, 0.25) is 0 Å². The second-order valence-electron chi connectivity index (χ2n) is 7.28. The van der Waals surface area contributed by atoms with Crippen LogP contribution in [0, 0.1) is 0 Å². The molecule has 0 bridgehead atoms. The van der Waals surface area contributed by atoms with Gasteiger partial charge in [-0.2, -0.15) is 4.89 Å². The highest BCUT2D eigenvalue weighted by molar-refractivity contribution is 5.68. The number of hydrogen-bond acceptors (Lipinski definition) is 5. The largest absolute Gasteiger partial charge is 0.394 e. The number of carbonyl (C=O) groups excluding carboxylic acids is 1. The Morgan fingerprint density at radius 2 is 1.19 bits per heavy atom. The Labute approximate surface area is 160 Å². The highest BCUT2D eigenvalue weighted by atomic mass is 17.2. The molecule has 5 heteroatoms.